The fraction of sp³-hybridized carbons (Fsp3) is 0.217. The summed E-state index contributed by atoms with van der Waals surface area (Å²) < 4.78 is 27.8. The number of hydrogen-bond donors (Lipinski definition) is 2. The number of pyridine rings is 1. The Kier molecular flexibility index (Phi) is 4.20. The zero-order valence-corrected chi connectivity index (χ0v) is 16.3. The van der Waals surface area contributed by atoms with E-state index in [-0.39, 0.29) is 17.3 Å². The van der Waals surface area contributed by atoms with Crippen LogP contribution < -0.4 is 5.56 Å². The molecule has 1 aliphatic carbocycles. The molecule has 2 aromatic carbocycles. The molecule has 1 amide bonds. The highest BCUT2D eigenvalue weighted by atomic mass is 19.2. The van der Waals surface area contributed by atoms with Gasteiger partial charge in [0.2, 0.25) is 0 Å². The summed E-state index contributed by atoms with van der Waals surface area (Å²) in [5, 5.41) is 1.38. The number of aromatic amines is 2. The van der Waals surface area contributed by atoms with Crippen LogP contribution in [0, 0.1) is 11.6 Å². The molecule has 1 aliphatic rings. The summed E-state index contributed by atoms with van der Waals surface area (Å²) >= 11 is 0. The number of hydrogen-bond acceptors (Lipinski definition) is 2. The van der Waals surface area contributed by atoms with Gasteiger partial charge in [-0.25, -0.2) is 8.78 Å². The number of rotatable bonds is 2. The molecule has 5 rings (SSSR count). The predicted molar refractivity (Wildman–Crippen MR) is 111 cm³/mol. The first-order chi connectivity index (χ1) is 14.4. The smallest absolute Gasteiger partial charge is 0.270 e. The molecule has 0 unspecified atom stereocenters. The second-order valence-corrected chi connectivity index (χ2v) is 7.75. The molecule has 2 N–H and O–H groups in total. The highest BCUT2D eigenvalue weighted by Gasteiger charge is 2.31. The number of aryl methyl sites for hydroxylation is 1. The molecular weight excluding hydrogens is 388 g/mol. The highest BCUT2D eigenvalue weighted by molar-refractivity contribution is 5.98. The Morgan fingerprint density at radius 2 is 1.80 bits per heavy atom. The average molecular weight is 407 g/mol. The summed E-state index contributed by atoms with van der Waals surface area (Å²) in [6.07, 6.45) is 2.05. The third-order valence-electron chi connectivity index (χ3n) is 5.97. The third kappa shape index (κ3) is 2.81. The maximum atomic E-state index is 14.0. The van der Waals surface area contributed by atoms with Crippen LogP contribution in [0.4, 0.5) is 8.78 Å². The molecule has 2 aromatic heterocycles. The van der Waals surface area contributed by atoms with Crippen molar-refractivity contribution in [3.8, 4) is 0 Å². The standard InChI is InChI=1S/C23H19F2N3O2/c1-28(23(30)19-9-12-5-2-3-6-17(12)26-19)20-8-4-7-18-21(20)13-10-15(24)16(25)11-14(13)22(29)27-18/h2-3,5-6,9-11,20,26H,4,7-8H2,1H3,(H,27,29)/t20-/m0/s1. The molecule has 0 saturated carbocycles. The first-order valence-corrected chi connectivity index (χ1v) is 9.83. The number of halogens is 2. The van der Waals surface area contributed by atoms with Crippen molar-refractivity contribution in [3.63, 3.8) is 0 Å². The summed E-state index contributed by atoms with van der Waals surface area (Å²) in [7, 11) is 1.70. The van der Waals surface area contributed by atoms with Crippen molar-refractivity contribution < 1.29 is 13.6 Å². The Morgan fingerprint density at radius 1 is 1.07 bits per heavy atom. The molecule has 0 bridgehead atoms. The van der Waals surface area contributed by atoms with Gasteiger partial charge in [0.15, 0.2) is 11.6 Å². The van der Waals surface area contributed by atoms with Gasteiger partial charge in [-0.05, 0) is 48.9 Å². The minimum atomic E-state index is -1.07. The van der Waals surface area contributed by atoms with E-state index in [0.29, 0.717) is 35.2 Å². The Hall–Kier alpha value is -3.48. The Bertz CT molecular complexity index is 1340. The van der Waals surface area contributed by atoms with Crippen LogP contribution in [0.1, 0.15) is 40.6 Å². The maximum Gasteiger partial charge on any atom is 0.270 e. The number of nitrogens with zero attached hydrogens (tertiary/aromatic N) is 1. The van der Waals surface area contributed by atoms with Crippen LogP contribution in [0.25, 0.3) is 21.7 Å². The molecule has 0 spiro atoms. The van der Waals surface area contributed by atoms with Gasteiger partial charge < -0.3 is 14.9 Å². The summed E-state index contributed by atoms with van der Waals surface area (Å²) in [6, 6.07) is 11.1. The number of aromatic nitrogens is 2. The zero-order chi connectivity index (χ0) is 21.0. The van der Waals surface area contributed by atoms with Crippen LogP contribution >= 0.6 is 0 Å². The largest absolute Gasteiger partial charge is 0.351 e. The van der Waals surface area contributed by atoms with Crippen LogP contribution in [0.15, 0.2) is 47.3 Å². The molecule has 4 aromatic rings. The zero-order valence-electron chi connectivity index (χ0n) is 16.3. The van der Waals surface area contributed by atoms with E-state index in [4.69, 9.17) is 0 Å². The van der Waals surface area contributed by atoms with Gasteiger partial charge in [-0.15, -0.1) is 0 Å². The molecule has 0 fully saturated rings. The van der Waals surface area contributed by atoms with E-state index in [0.717, 1.165) is 29.5 Å². The topological polar surface area (TPSA) is 69.0 Å². The van der Waals surface area contributed by atoms with Gasteiger partial charge >= 0.3 is 0 Å². The lowest BCUT2D eigenvalue weighted by Crippen LogP contribution is -2.34. The van der Waals surface area contributed by atoms with Gasteiger partial charge in [-0.1, -0.05) is 18.2 Å². The minimum absolute atomic E-state index is 0.0889. The van der Waals surface area contributed by atoms with E-state index in [2.05, 4.69) is 9.97 Å². The quantitative estimate of drug-likeness (QED) is 0.516. The van der Waals surface area contributed by atoms with Gasteiger partial charge in [-0.2, -0.15) is 0 Å². The Morgan fingerprint density at radius 3 is 2.57 bits per heavy atom. The molecule has 7 heteroatoms. The van der Waals surface area contributed by atoms with Gasteiger partial charge in [0.25, 0.3) is 11.5 Å². The van der Waals surface area contributed by atoms with E-state index < -0.39 is 17.2 Å². The predicted octanol–water partition coefficient (Wildman–Crippen LogP) is 4.44. The molecule has 30 heavy (non-hydrogen) atoms. The third-order valence-corrected chi connectivity index (χ3v) is 5.97. The normalized spacial score (nSPS) is 16.0. The van der Waals surface area contributed by atoms with Crippen LogP contribution in [-0.2, 0) is 6.42 Å². The number of carbonyl (C=O) groups excluding carboxylic acids is 1. The number of amides is 1. The summed E-state index contributed by atoms with van der Waals surface area (Å²) in [5.74, 6) is -2.28. The highest BCUT2D eigenvalue weighted by Crippen LogP contribution is 2.37. The first kappa shape index (κ1) is 18.5. The van der Waals surface area contributed by atoms with E-state index in [9.17, 15) is 18.4 Å². The van der Waals surface area contributed by atoms with Crippen molar-refractivity contribution in [2.45, 2.75) is 25.3 Å². The van der Waals surface area contributed by atoms with Gasteiger partial charge in [0.05, 0.1) is 11.4 Å². The van der Waals surface area contributed by atoms with E-state index >= 15 is 0 Å². The van der Waals surface area contributed by atoms with E-state index in [1.54, 1.807) is 18.0 Å². The SMILES string of the molecule is CN(C(=O)c1cc2ccccc2[nH]1)[C@H]1CCCc2[nH]c(=O)c3cc(F)c(F)cc3c21. The number of carbonyl (C=O) groups is 1. The molecule has 152 valence electrons. The molecular formula is C23H19F2N3O2. The first-order valence-electron chi connectivity index (χ1n) is 9.83. The lowest BCUT2D eigenvalue weighted by Gasteiger charge is -2.33. The van der Waals surface area contributed by atoms with Crippen LogP contribution in [0.3, 0.4) is 0 Å². The van der Waals surface area contributed by atoms with Crippen LogP contribution in [0.5, 0.6) is 0 Å². The second-order valence-electron chi connectivity index (χ2n) is 7.75. The van der Waals surface area contributed by atoms with Gasteiger partial charge in [0.1, 0.15) is 5.69 Å². The van der Waals surface area contributed by atoms with Gasteiger partial charge in [0, 0.05) is 29.2 Å². The average Bonchev–Trinajstić information content (AvgIpc) is 3.18. The molecule has 0 aliphatic heterocycles. The number of para-hydroxylation sites is 1. The van der Waals surface area contributed by atoms with Crippen molar-refractivity contribution in [1.82, 2.24) is 14.9 Å². The molecule has 0 saturated heterocycles. The molecule has 2 heterocycles. The fourth-order valence-electron chi connectivity index (χ4n) is 4.49. The maximum absolute atomic E-state index is 14.0. The number of benzene rings is 2. The van der Waals surface area contributed by atoms with Crippen molar-refractivity contribution in [2.75, 3.05) is 7.05 Å². The second kappa shape index (κ2) is 6.79. The van der Waals surface area contributed by atoms with Crippen LogP contribution in [0.2, 0.25) is 0 Å². The van der Waals surface area contributed by atoms with Gasteiger partial charge in [-0.3, -0.25) is 9.59 Å². The molecule has 5 nitrogen and oxygen atoms in total. The number of fused-ring (bicyclic) bond motifs is 4. The fourth-order valence-corrected chi connectivity index (χ4v) is 4.49. The Balaban J connectivity index is 1.63. The summed E-state index contributed by atoms with van der Waals surface area (Å²) in [6.45, 7) is 0. The van der Waals surface area contributed by atoms with Crippen molar-refractivity contribution in [3.05, 3.63) is 81.4 Å². The molecule has 1 atom stereocenters. The van der Waals surface area contributed by atoms with E-state index in [1.165, 1.54) is 0 Å². The number of H-pyrrole nitrogens is 2. The molecule has 0 radical (unpaired) electrons. The minimum Gasteiger partial charge on any atom is -0.351 e. The lowest BCUT2D eigenvalue weighted by molar-refractivity contribution is 0.0711. The lowest BCUT2D eigenvalue weighted by atomic mass is 9.86. The number of nitrogens with one attached hydrogen (secondary N) is 2. The van der Waals surface area contributed by atoms with E-state index in [1.807, 2.05) is 24.3 Å². The van der Waals surface area contributed by atoms with Crippen LogP contribution in [-0.4, -0.2) is 27.8 Å². The summed E-state index contributed by atoms with van der Waals surface area (Å²) in [5.41, 5.74) is 2.23. The van der Waals surface area contributed by atoms with Crippen molar-refractivity contribution in [2.24, 2.45) is 0 Å². The summed E-state index contributed by atoms with van der Waals surface area (Å²) in [4.78, 5) is 33.2. The van der Waals surface area contributed by atoms with Crippen molar-refractivity contribution >= 4 is 27.6 Å². The Labute approximate surface area is 170 Å². The monoisotopic (exact) mass is 407 g/mol. The van der Waals surface area contributed by atoms with Crippen molar-refractivity contribution in [1.29, 1.82) is 0 Å².